The minimum absolute atomic E-state index is 0.449. The smallest absolute Gasteiger partial charge is 0.0992 e. The molecule has 0 bridgehead atoms. The molecule has 44 heavy (non-hydrogen) atoms. The van der Waals surface area contributed by atoms with Gasteiger partial charge >= 0.3 is 0 Å². The van der Waals surface area contributed by atoms with Gasteiger partial charge in [-0.15, -0.1) is 22.7 Å². The van der Waals surface area contributed by atoms with Gasteiger partial charge < -0.3 is 0 Å². The lowest BCUT2D eigenvalue weighted by atomic mass is 9.93. The SMILES string of the molecule is N#Cc1cc(C#N)cc(-c2cc3c(-c4ccccc4)c4sc(-c5cc(C#N)cc(C#N)c5)cc4c(-c4ccccc4)c3s2)c1. The lowest BCUT2D eigenvalue weighted by Gasteiger charge is -2.12. The molecule has 7 rings (SSSR count). The molecule has 5 aromatic carbocycles. The highest BCUT2D eigenvalue weighted by atomic mass is 32.1. The summed E-state index contributed by atoms with van der Waals surface area (Å²) in [5.41, 5.74) is 7.82. The maximum absolute atomic E-state index is 9.65. The Morgan fingerprint density at radius 1 is 0.386 bits per heavy atom. The monoisotopic (exact) mass is 594 g/mol. The summed E-state index contributed by atoms with van der Waals surface area (Å²) in [5.74, 6) is 0. The van der Waals surface area contributed by atoms with E-state index in [0.29, 0.717) is 22.3 Å². The van der Waals surface area contributed by atoms with Crippen molar-refractivity contribution in [2.45, 2.75) is 0 Å². The van der Waals surface area contributed by atoms with Crippen LogP contribution in [0.25, 0.3) is 63.3 Å². The van der Waals surface area contributed by atoms with Gasteiger partial charge in [-0.1, -0.05) is 60.7 Å². The van der Waals surface area contributed by atoms with Gasteiger partial charge in [0, 0.05) is 41.1 Å². The van der Waals surface area contributed by atoms with Gasteiger partial charge in [0.25, 0.3) is 0 Å². The normalized spacial score (nSPS) is 10.6. The Morgan fingerprint density at radius 2 is 0.727 bits per heavy atom. The predicted octanol–water partition coefficient (Wildman–Crippen LogP) is 10.3. The summed E-state index contributed by atoms with van der Waals surface area (Å²) in [4.78, 5) is 1.95. The van der Waals surface area contributed by atoms with Gasteiger partial charge in [-0.25, -0.2) is 0 Å². The second-order valence-corrected chi connectivity index (χ2v) is 12.3. The Hall–Kier alpha value is -6.02. The fraction of sp³-hybridized carbons (Fsp3) is 0. The number of rotatable bonds is 4. The summed E-state index contributed by atoms with van der Waals surface area (Å²) in [6.45, 7) is 0. The van der Waals surface area contributed by atoms with Crippen LogP contribution in [0.5, 0.6) is 0 Å². The average molecular weight is 595 g/mol. The van der Waals surface area contributed by atoms with Crippen LogP contribution >= 0.6 is 22.7 Å². The fourth-order valence-electron chi connectivity index (χ4n) is 5.63. The van der Waals surface area contributed by atoms with Gasteiger partial charge in [-0.2, -0.15) is 21.0 Å². The Morgan fingerprint density at radius 3 is 1.05 bits per heavy atom. The number of benzene rings is 5. The van der Waals surface area contributed by atoms with E-state index >= 15 is 0 Å². The molecule has 0 radical (unpaired) electrons. The van der Waals surface area contributed by atoms with Gasteiger partial charge in [0.05, 0.1) is 46.5 Å². The van der Waals surface area contributed by atoms with Crippen molar-refractivity contribution in [3.8, 4) is 67.4 Å². The number of nitrogens with zero attached hydrogens (tertiary/aromatic N) is 4. The summed E-state index contributed by atoms with van der Waals surface area (Å²) in [6, 6.07) is 44.3. The van der Waals surface area contributed by atoms with E-state index < -0.39 is 0 Å². The third-order valence-corrected chi connectivity index (χ3v) is 9.94. The van der Waals surface area contributed by atoms with Crippen molar-refractivity contribution in [3.63, 3.8) is 0 Å². The lowest BCUT2D eigenvalue weighted by molar-refractivity contribution is 1.45. The molecule has 7 aromatic rings. The zero-order chi connectivity index (χ0) is 30.2. The first-order chi connectivity index (χ1) is 21.6. The van der Waals surface area contributed by atoms with Crippen LogP contribution in [0.4, 0.5) is 0 Å². The van der Waals surface area contributed by atoms with Crippen molar-refractivity contribution in [1.29, 1.82) is 21.0 Å². The van der Waals surface area contributed by atoms with E-state index in [1.165, 1.54) is 0 Å². The van der Waals surface area contributed by atoms with Crippen molar-refractivity contribution in [2.75, 3.05) is 0 Å². The third kappa shape index (κ3) is 4.59. The molecular weight excluding hydrogens is 577 g/mol. The Balaban J connectivity index is 1.62. The van der Waals surface area contributed by atoms with Gasteiger partial charge in [0.2, 0.25) is 0 Å². The number of hydrogen-bond donors (Lipinski definition) is 0. The molecule has 0 saturated heterocycles. The minimum atomic E-state index is 0.449. The molecule has 0 aliphatic rings. The summed E-state index contributed by atoms with van der Waals surface area (Å²) in [7, 11) is 0. The van der Waals surface area contributed by atoms with E-state index in [2.05, 4.69) is 60.7 Å². The highest BCUT2D eigenvalue weighted by Gasteiger charge is 2.23. The van der Waals surface area contributed by atoms with Crippen molar-refractivity contribution < 1.29 is 0 Å². The zero-order valence-electron chi connectivity index (χ0n) is 23.0. The summed E-state index contributed by atoms with van der Waals surface area (Å²) in [5, 5.41) is 40.8. The molecule has 0 atom stereocenters. The Bertz CT molecular complexity index is 2130. The average Bonchev–Trinajstić information content (AvgIpc) is 3.72. The Labute approximate surface area is 261 Å². The third-order valence-electron chi connectivity index (χ3n) is 7.53. The molecule has 0 aliphatic heterocycles. The van der Waals surface area contributed by atoms with Gasteiger partial charge in [-0.3, -0.25) is 0 Å². The topological polar surface area (TPSA) is 95.2 Å². The van der Waals surface area contributed by atoms with E-state index in [1.807, 2.05) is 60.7 Å². The van der Waals surface area contributed by atoms with Crippen molar-refractivity contribution in [2.24, 2.45) is 0 Å². The molecule has 6 heteroatoms. The van der Waals surface area contributed by atoms with Crippen LogP contribution < -0.4 is 0 Å². The number of hydrogen-bond acceptors (Lipinski definition) is 6. The van der Waals surface area contributed by atoms with Gasteiger partial charge in [0.1, 0.15) is 0 Å². The molecular formula is C38H18N4S2. The molecule has 0 unspecified atom stereocenters. The highest BCUT2D eigenvalue weighted by molar-refractivity contribution is 7.25. The molecule has 2 aromatic heterocycles. The van der Waals surface area contributed by atoms with Crippen LogP contribution in [0.3, 0.4) is 0 Å². The maximum Gasteiger partial charge on any atom is 0.0992 e. The Kier molecular flexibility index (Phi) is 6.71. The minimum Gasteiger partial charge on any atom is -0.192 e. The largest absolute Gasteiger partial charge is 0.192 e. The van der Waals surface area contributed by atoms with Crippen molar-refractivity contribution >= 4 is 42.8 Å². The molecule has 0 aliphatic carbocycles. The standard InChI is InChI=1S/C38H18N4S2/c39-19-23-11-24(20-40)14-29(13-23)33-17-31-35(27-7-3-1-4-8-27)37-32(36(38(31)44-33)28-9-5-2-6-10-28)18-34(43-37)30-15-25(21-41)12-26(16-30)22-42/h1-18H. The molecule has 4 nitrogen and oxygen atoms in total. The highest BCUT2D eigenvalue weighted by Crippen LogP contribution is 2.52. The summed E-state index contributed by atoms with van der Waals surface area (Å²) < 4.78 is 2.21. The fourth-order valence-corrected chi connectivity index (χ4v) is 8.10. The molecule has 202 valence electrons. The first-order valence-corrected chi connectivity index (χ1v) is 15.3. The van der Waals surface area contributed by atoms with E-state index in [-0.39, 0.29) is 0 Å². The summed E-state index contributed by atoms with van der Waals surface area (Å²) in [6.07, 6.45) is 0. The van der Waals surface area contributed by atoms with Gasteiger partial charge in [-0.05, 0) is 70.8 Å². The van der Waals surface area contributed by atoms with Gasteiger partial charge in [0.15, 0.2) is 0 Å². The van der Waals surface area contributed by atoms with Crippen LogP contribution in [0.2, 0.25) is 0 Å². The number of nitriles is 4. The number of fused-ring (bicyclic) bond motifs is 2. The van der Waals surface area contributed by atoms with E-state index in [1.54, 1.807) is 34.8 Å². The second kappa shape index (κ2) is 11.0. The first-order valence-electron chi connectivity index (χ1n) is 13.7. The van der Waals surface area contributed by atoms with Crippen LogP contribution in [-0.4, -0.2) is 0 Å². The van der Waals surface area contributed by atoms with Crippen LogP contribution in [0.15, 0.2) is 109 Å². The lowest BCUT2D eigenvalue weighted by Crippen LogP contribution is -1.85. The van der Waals surface area contributed by atoms with Crippen LogP contribution in [-0.2, 0) is 0 Å². The van der Waals surface area contributed by atoms with Crippen LogP contribution in [0, 0.1) is 45.3 Å². The van der Waals surface area contributed by atoms with E-state index in [9.17, 15) is 21.0 Å². The van der Waals surface area contributed by atoms with Crippen LogP contribution in [0.1, 0.15) is 22.3 Å². The molecule has 2 heterocycles. The molecule has 0 amide bonds. The molecule has 0 spiro atoms. The second-order valence-electron chi connectivity index (χ2n) is 10.2. The van der Waals surface area contributed by atoms with E-state index in [0.717, 1.165) is 63.3 Å². The quantitative estimate of drug-likeness (QED) is 0.202. The molecule has 0 fully saturated rings. The zero-order valence-corrected chi connectivity index (χ0v) is 24.6. The van der Waals surface area contributed by atoms with E-state index in [4.69, 9.17) is 0 Å². The van der Waals surface area contributed by atoms with Crippen molar-refractivity contribution in [3.05, 3.63) is 131 Å². The maximum atomic E-state index is 9.65. The van der Waals surface area contributed by atoms with Crippen molar-refractivity contribution in [1.82, 2.24) is 0 Å². The summed E-state index contributed by atoms with van der Waals surface area (Å²) >= 11 is 3.30. The predicted molar refractivity (Wildman–Crippen MR) is 178 cm³/mol. The molecule has 0 N–H and O–H groups in total. The number of thiophene rings is 2. The molecule has 0 saturated carbocycles. The first kappa shape index (κ1) is 26.9.